The zero-order valence-corrected chi connectivity index (χ0v) is 14.8. The number of fused-ring (bicyclic) bond motifs is 1. The van der Waals surface area contributed by atoms with Crippen molar-refractivity contribution in [1.29, 1.82) is 0 Å². The van der Waals surface area contributed by atoms with Crippen LogP contribution in [0.3, 0.4) is 0 Å². The first kappa shape index (κ1) is 17.0. The Hall–Kier alpha value is -2.44. The molecule has 0 spiro atoms. The molecule has 0 saturated carbocycles. The van der Waals surface area contributed by atoms with Crippen LogP contribution >= 0.6 is 11.6 Å². The van der Waals surface area contributed by atoms with Crippen molar-refractivity contribution >= 4 is 28.5 Å². The van der Waals surface area contributed by atoms with Gasteiger partial charge in [-0.05, 0) is 36.8 Å². The van der Waals surface area contributed by atoms with E-state index in [1.165, 1.54) is 18.2 Å². The van der Waals surface area contributed by atoms with E-state index in [1.807, 2.05) is 12.1 Å². The van der Waals surface area contributed by atoms with Gasteiger partial charge in [0.25, 0.3) is 0 Å². The maximum Gasteiger partial charge on any atom is 0.338 e. The second kappa shape index (κ2) is 6.70. The minimum absolute atomic E-state index is 0.170. The highest BCUT2D eigenvalue weighted by atomic mass is 35.5. The van der Waals surface area contributed by atoms with Gasteiger partial charge in [0.15, 0.2) is 0 Å². The molecule has 5 nitrogen and oxygen atoms in total. The van der Waals surface area contributed by atoms with Gasteiger partial charge in [-0.15, -0.1) is 0 Å². The summed E-state index contributed by atoms with van der Waals surface area (Å²) in [7, 11) is 1.69. The van der Waals surface area contributed by atoms with Crippen LogP contribution in [0.4, 0.5) is 10.2 Å². The minimum Gasteiger partial charge on any atom is -0.404 e. The number of hydrogen-bond donors (Lipinski definition) is 0. The molecule has 2 aromatic heterocycles. The molecule has 0 N–H and O–H groups in total. The summed E-state index contributed by atoms with van der Waals surface area (Å²) in [5, 5.41) is 0.868. The van der Waals surface area contributed by atoms with Gasteiger partial charge in [-0.2, -0.15) is 4.98 Å². The molecule has 1 saturated heterocycles. The summed E-state index contributed by atoms with van der Waals surface area (Å²) in [5.41, 5.74) is 0.817. The molecule has 1 aliphatic rings. The predicted octanol–water partition coefficient (Wildman–Crippen LogP) is 3.87. The maximum absolute atomic E-state index is 13.4. The molecule has 1 aliphatic heterocycles. The zero-order chi connectivity index (χ0) is 18.3. The van der Waals surface area contributed by atoms with Gasteiger partial charge in [-0.25, -0.2) is 9.18 Å². The highest BCUT2D eigenvalue weighted by Gasteiger charge is 2.24. The highest BCUT2D eigenvalue weighted by Crippen LogP contribution is 2.33. The number of pyridine rings is 1. The van der Waals surface area contributed by atoms with Gasteiger partial charge in [0, 0.05) is 42.8 Å². The zero-order valence-electron chi connectivity index (χ0n) is 14.0. The van der Waals surface area contributed by atoms with Crippen LogP contribution in [0.5, 0.6) is 0 Å². The number of benzene rings is 1. The summed E-state index contributed by atoms with van der Waals surface area (Å²) < 4.78 is 24.0. The van der Waals surface area contributed by atoms with Crippen molar-refractivity contribution in [2.24, 2.45) is 0 Å². The lowest BCUT2D eigenvalue weighted by molar-refractivity contribution is 0.121. The average Bonchev–Trinajstić information content (AvgIpc) is 3.10. The Balaban J connectivity index is 1.82. The van der Waals surface area contributed by atoms with E-state index in [1.54, 1.807) is 13.2 Å². The van der Waals surface area contributed by atoms with Crippen LogP contribution < -0.4 is 10.5 Å². The van der Waals surface area contributed by atoms with E-state index in [4.69, 9.17) is 20.8 Å². The van der Waals surface area contributed by atoms with Crippen LogP contribution in [-0.4, -0.2) is 31.3 Å². The normalized spacial score (nSPS) is 17.2. The van der Waals surface area contributed by atoms with E-state index in [0.29, 0.717) is 16.5 Å². The van der Waals surface area contributed by atoms with Gasteiger partial charge < -0.3 is 14.1 Å². The van der Waals surface area contributed by atoms with Gasteiger partial charge in [0.2, 0.25) is 5.71 Å². The number of methoxy groups -OCH3 is 1. The number of anilines is 1. The molecular weight excluding hydrogens is 359 g/mol. The molecule has 1 aromatic carbocycles. The van der Waals surface area contributed by atoms with E-state index in [2.05, 4.69) is 9.88 Å². The summed E-state index contributed by atoms with van der Waals surface area (Å²) in [6.45, 7) is 1.56. The smallest absolute Gasteiger partial charge is 0.338 e. The summed E-state index contributed by atoms with van der Waals surface area (Å²) in [6, 6.07) is 9.13. The Morgan fingerprint density at radius 3 is 2.85 bits per heavy atom. The van der Waals surface area contributed by atoms with Crippen LogP contribution in [0.1, 0.15) is 6.42 Å². The third-order valence-corrected chi connectivity index (χ3v) is 4.93. The first-order chi connectivity index (χ1) is 12.5. The second-order valence-electron chi connectivity index (χ2n) is 6.22. The summed E-state index contributed by atoms with van der Waals surface area (Å²) in [6.07, 6.45) is 1.09. The van der Waals surface area contributed by atoms with Crippen molar-refractivity contribution in [1.82, 2.24) is 4.98 Å². The third-order valence-electron chi connectivity index (χ3n) is 4.62. The van der Waals surface area contributed by atoms with Crippen molar-refractivity contribution < 1.29 is 13.5 Å². The fourth-order valence-corrected chi connectivity index (χ4v) is 3.54. The molecule has 0 radical (unpaired) electrons. The molecule has 0 aliphatic carbocycles. The fraction of sp³-hybridized carbons (Fsp3) is 0.263. The lowest BCUT2D eigenvalue weighted by Gasteiger charge is -2.17. The Labute approximate surface area is 154 Å². The lowest BCUT2D eigenvalue weighted by Crippen LogP contribution is -2.23. The standard InChI is InChI=1S/C19H16ClFN2O3/c1-25-12-6-7-23(10-12)17-5-4-14-15(9-18(24)26-19(14)22-17)13-3-2-11(21)8-16(13)20/h2-5,8-9,12H,6-7,10H2,1H3. The van der Waals surface area contributed by atoms with E-state index in [0.717, 1.165) is 25.3 Å². The molecule has 1 unspecified atom stereocenters. The van der Waals surface area contributed by atoms with Gasteiger partial charge in [0.1, 0.15) is 11.6 Å². The Morgan fingerprint density at radius 2 is 2.12 bits per heavy atom. The van der Waals surface area contributed by atoms with Crippen LogP contribution in [0.15, 0.2) is 45.6 Å². The Bertz CT molecular complexity index is 1040. The molecule has 1 fully saturated rings. The van der Waals surface area contributed by atoms with Crippen molar-refractivity contribution in [3.05, 3.63) is 57.7 Å². The minimum atomic E-state index is -0.534. The molecule has 3 heterocycles. The van der Waals surface area contributed by atoms with Crippen LogP contribution in [0.2, 0.25) is 5.02 Å². The lowest BCUT2D eigenvalue weighted by atomic mass is 10.0. The van der Waals surface area contributed by atoms with Crippen LogP contribution in [0, 0.1) is 5.82 Å². The maximum atomic E-state index is 13.4. The third kappa shape index (κ3) is 3.06. The largest absolute Gasteiger partial charge is 0.404 e. The number of aromatic nitrogens is 1. The molecule has 4 rings (SSSR count). The molecule has 3 aromatic rings. The number of halogens is 2. The number of rotatable bonds is 3. The van der Waals surface area contributed by atoms with Crippen molar-refractivity contribution in [3.63, 3.8) is 0 Å². The number of hydrogen-bond acceptors (Lipinski definition) is 5. The monoisotopic (exact) mass is 374 g/mol. The fourth-order valence-electron chi connectivity index (χ4n) is 3.27. The molecule has 1 atom stereocenters. The Morgan fingerprint density at radius 1 is 1.27 bits per heavy atom. The SMILES string of the molecule is COC1CCN(c2ccc3c(-c4ccc(F)cc4Cl)cc(=O)oc3n2)C1. The molecule has 0 bridgehead atoms. The van der Waals surface area contributed by atoms with Crippen LogP contribution in [0.25, 0.3) is 22.2 Å². The molecule has 7 heteroatoms. The Kier molecular flexibility index (Phi) is 4.38. The van der Waals surface area contributed by atoms with Crippen LogP contribution in [-0.2, 0) is 4.74 Å². The first-order valence-corrected chi connectivity index (χ1v) is 8.61. The number of ether oxygens (including phenoxy) is 1. The molecule has 0 amide bonds. The molecular formula is C19H16ClFN2O3. The highest BCUT2D eigenvalue weighted by molar-refractivity contribution is 6.33. The quantitative estimate of drug-likeness (QED) is 0.696. The van der Waals surface area contributed by atoms with Crippen molar-refractivity contribution in [2.45, 2.75) is 12.5 Å². The van der Waals surface area contributed by atoms with E-state index in [-0.39, 0.29) is 16.8 Å². The molecule has 26 heavy (non-hydrogen) atoms. The molecule has 134 valence electrons. The predicted molar refractivity (Wildman–Crippen MR) is 98.3 cm³/mol. The van der Waals surface area contributed by atoms with E-state index < -0.39 is 11.4 Å². The second-order valence-corrected chi connectivity index (χ2v) is 6.63. The first-order valence-electron chi connectivity index (χ1n) is 8.23. The van der Waals surface area contributed by atoms with Gasteiger partial charge >= 0.3 is 5.63 Å². The van der Waals surface area contributed by atoms with Crippen molar-refractivity contribution in [3.8, 4) is 11.1 Å². The summed E-state index contributed by atoms with van der Waals surface area (Å²) in [4.78, 5) is 18.6. The van der Waals surface area contributed by atoms with Gasteiger partial charge in [-0.1, -0.05) is 11.6 Å². The van der Waals surface area contributed by atoms with E-state index in [9.17, 15) is 9.18 Å². The van der Waals surface area contributed by atoms with Gasteiger partial charge in [-0.3, -0.25) is 0 Å². The van der Waals surface area contributed by atoms with Crippen molar-refractivity contribution in [2.75, 3.05) is 25.1 Å². The summed E-state index contributed by atoms with van der Waals surface area (Å²) >= 11 is 6.17. The topological polar surface area (TPSA) is 55.6 Å². The average molecular weight is 375 g/mol. The van der Waals surface area contributed by atoms with E-state index >= 15 is 0 Å². The summed E-state index contributed by atoms with van der Waals surface area (Å²) in [5.74, 6) is 0.288. The number of nitrogens with zero attached hydrogens (tertiary/aromatic N) is 2. The van der Waals surface area contributed by atoms with Gasteiger partial charge in [0.05, 0.1) is 11.1 Å².